The molecule has 0 atom stereocenters. The number of nitrogens with one attached hydrogen (secondary N) is 2. The van der Waals surface area contributed by atoms with E-state index in [4.69, 9.17) is 4.74 Å². The Labute approximate surface area is 153 Å². The zero-order chi connectivity index (χ0) is 17.5. The second-order valence-corrected chi connectivity index (χ2v) is 7.04. The fourth-order valence-electron chi connectivity index (χ4n) is 3.17. The number of carbonyl (C=O) groups is 1. The van der Waals surface area contributed by atoms with Crippen LogP contribution in [0.5, 0.6) is 5.75 Å². The number of hydrogen-bond acceptors (Lipinski definition) is 4. The minimum atomic E-state index is -0.190. The summed E-state index contributed by atoms with van der Waals surface area (Å²) in [5, 5.41) is 6.43. The van der Waals surface area contributed by atoms with Crippen LogP contribution in [0.15, 0.2) is 53.9 Å². The summed E-state index contributed by atoms with van der Waals surface area (Å²) in [6, 6.07) is 15.8. The van der Waals surface area contributed by atoms with E-state index in [1.54, 1.807) is 0 Å². The number of fused-ring (bicyclic) bond motifs is 2. The van der Waals surface area contributed by atoms with Crippen molar-refractivity contribution in [1.82, 2.24) is 9.97 Å². The maximum atomic E-state index is 12.5. The second kappa shape index (κ2) is 6.00. The van der Waals surface area contributed by atoms with Crippen LogP contribution in [-0.2, 0) is 6.42 Å². The van der Waals surface area contributed by atoms with Crippen molar-refractivity contribution in [3.8, 4) is 17.0 Å². The number of thiazole rings is 1. The highest BCUT2D eigenvalue weighted by Crippen LogP contribution is 2.32. The van der Waals surface area contributed by atoms with E-state index in [1.165, 1.54) is 16.9 Å². The fourth-order valence-corrected chi connectivity index (χ4v) is 3.88. The predicted octanol–water partition coefficient (Wildman–Crippen LogP) is 4.48. The van der Waals surface area contributed by atoms with Crippen LogP contribution in [0.2, 0.25) is 0 Å². The Balaban J connectivity index is 1.37. The van der Waals surface area contributed by atoms with Gasteiger partial charge in [-0.15, -0.1) is 11.3 Å². The second-order valence-electron chi connectivity index (χ2n) is 6.18. The Bertz CT molecular complexity index is 1100. The van der Waals surface area contributed by atoms with Crippen LogP contribution in [0, 0.1) is 0 Å². The molecule has 2 aromatic carbocycles. The minimum absolute atomic E-state index is 0.190. The van der Waals surface area contributed by atoms with E-state index >= 15 is 0 Å². The number of aromatic nitrogens is 2. The molecule has 0 saturated heterocycles. The molecule has 3 heterocycles. The maximum Gasteiger partial charge on any atom is 0.273 e. The normalized spacial score (nSPS) is 12.8. The van der Waals surface area contributed by atoms with Crippen molar-refractivity contribution in [3.05, 3.63) is 65.2 Å². The number of para-hydroxylation sites is 1. The third-order valence-electron chi connectivity index (χ3n) is 4.48. The smallest absolute Gasteiger partial charge is 0.273 e. The van der Waals surface area contributed by atoms with E-state index in [0.29, 0.717) is 10.8 Å². The number of hydrogen-bond donors (Lipinski definition) is 2. The third-order valence-corrected chi connectivity index (χ3v) is 5.24. The largest absolute Gasteiger partial charge is 0.493 e. The van der Waals surface area contributed by atoms with Crippen LogP contribution in [0.25, 0.3) is 22.2 Å². The molecule has 26 heavy (non-hydrogen) atoms. The van der Waals surface area contributed by atoms with Crippen LogP contribution < -0.4 is 10.1 Å². The van der Waals surface area contributed by atoms with Crippen molar-refractivity contribution >= 4 is 33.3 Å². The van der Waals surface area contributed by atoms with E-state index in [9.17, 15) is 4.79 Å². The first kappa shape index (κ1) is 15.2. The minimum Gasteiger partial charge on any atom is -0.493 e. The molecule has 1 aliphatic rings. The number of H-pyrrole nitrogens is 1. The average Bonchev–Trinajstić information content (AvgIpc) is 3.39. The first-order chi connectivity index (χ1) is 12.8. The first-order valence-electron chi connectivity index (χ1n) is 8.37. The lowest BCUT2D eigenvalue weighted by molar-refractivity contribution is 0.102. The number of carbonyl (C=O) groups excluding carboxylic acids is 1. The van der Waals surface area contributed by atoms with Crippen LogP contribution in [0.4, 0.5) is 5.13 Å². The highest BCUT2D eigenvalue weighted by molar-refractivity contribution is 7.14. The SMILES string of the molecule is O=C(Nc1nc(-c2ccc3c(c2)CCO3)cs1)c1cc2ccccc2[nH]1. The summed E-state index contributed by atoms with van der Waals surface area (Å²) >= 11 is 1.42. The van der Waals surface area contributed by atoms with Gasteiger partial charge in [0.15, 0.2) is 5.13 Å². The molecule has 0 fully saturated rings. The molecule has 0 aliphatic carbocycles. The molecule has 0 saturated carbocycles. The predicted molar refractivity (Wildman–Crippen MR) is 103 cm³/mol. The van der Waals surface area contributed by atoms with Crippen LogP contribution in [0.3, 0.4) is 0 Å². The van der Waals surface area contributed by atoms with Crippen molar-refractivity contribution in [2.45, 2.75) is 6.42 Å². The summed E-state index contributed by atoms with van der Waals surface area (Å²) in [7, 11) is 0. The number of anilines is 1. The van der Waals surface area contributed by atoms with Gasteiger partial charge in [-0.25, -0.2) is 4.98 Å². The lowest BCUT2D eigenvalue weighted by atomic mass is 10.1. The van der Waals surface area contributed by atoms with Gasteiger partial charge in [0, 0.05) is 28.3 Å². The van der Waals surface area contributed by atoms with Gasteiger partial charge in [0.2, 0.25) is 0 Å². The summed E-state index contributed by atoms with van der Waals surface area (Å²) in [5.74, 6) is 0.765. The van der Waals surface area contributed by atoms with Crippen LogP contribution >= 0.6 is 11.3 Å². The van der Waals surface area contributed by atoms with Gasteiger partial charge in [0.1, 0.15) is 11.4 Å². The standard InChI is InChI=1S/C20H15N3O2S/c24-19(16-10-12-3-1-2-4-15(12)21-16)23-20-22-17(11-26-20)13-5-6-18-14(9-13)7-8-25-18/h1-6,9-11,21H,7-8H2,(H,22,23,24). The lowest BCUT2D eigenvalue weighted by Crippen LogP contribution is -2.11. The molecule has 5 nitrogen and oxygen atoms in total. The third kappa shape index (κ3) is 2.64. The Hall–Kier alpha value is -3.12. The highest BCUT2D eigenvalue weighted by Gasteiger charge is 2.15. The molecule has 2 aromatic heterocycles. The molecular weight excluding hydrogens is 346 g/mol. The molecule has 0 bridgehead atoms. The Morgan fingerprint density at radius 3 is 3.04 bits per heavy atom. The summed E-state index contributed by atoms with van der Waals surface area (Å²) in [6.07, 6.45) is 0.928. The number of rotatable bonds is 3. The average molecular weight is 361 g/mol. The van der Waals surface area contributed by atoms with Crippen molar-refractivity contribution in [3.63, 3.8) is 0 Å². The van der Waals surface area contributed by atoms with Crippen molar-refractivity contribution < 1.29 is 9.53 Å². The van der Waals surface area contributed by atoms with E-state index in [-0.39, 0.29) is 5.91 Å². The quantitative estimate of drug-likeness (QED) is 0.565. The number of nitrogens with zero attached hydrogens (tertiary/aromatic N) is 1. The van der Waals surface area contributed by atoms with Crippen molar-refractivity contribution in [2.24, 2.45) is 0 Å². The van der Waals surface area contributed by atoms with Crippen molar-refractivity contribution in [2.75, 3.05) is 11.9 Å². The molecule has 1 aliphatic heterocycles. The monoisotopic (exact) mass is 361 g/mol. The van der Waals surface area contributed by atoms with Gasteiger partial charge in [0.05, 0.1) is 12.3 Å². The van der Waals surface area contributed by atoms with E-state index in [1.807, 2.05) is 47.8 Å². The van der Waals surface area contributed by atoms with Gasteiger partial charge in [0.25, 0.3) is 5.91 Å². The van der Waals surface area contributed by atoms with Crippen LogP contribution in [-0.4, -0.2) is 22.5 Å². The summed E-state index contributed by atoms with van der Waals surface area (Å²) < 4.78 is 5.54. The van der Waals surface area contributed by atoms with E-state index in [2.05, 4.69) is 21.4 Å². The topological polar surface area (TPSA) is 67.0 Å². The molecule has 0 spiro atoms. The molecule has 5 rings (SSSR count). The van der Waals surface area contributed by atoms with Crippen LogP contribution in [0.1, 0.15) is 16.1 Å². The summed E-state index contributed by atoms with van der Waals surface area (Å²) in [5.41, 5.74) is 4.57. The molecule has 6 heteroatoms. The van der Waals surface area contributed by atoms with Gasteiger partial charge in [-0.2, -0.15) is 0 Å². The van der Waals surface area contributed by atoms with E-state index in [0.717, 1.165) is 40.9 Å². The Morgan fingerprint density at radius 1 is 1.19 bits per heavy atom. The summed E-state index contributed by atoms with van der Waals surface area (Å²) in [4.78, 5) is 20.2. The fraction of sp³-hybridized carbons (Fsp3) is 0.100. The molecule has 4 aromatic rings. The zero-order valence-electron chi connectivity index (χ0n) is 13.8. The summed E-state index contributed by atoms with van der Waals surface area (Å²) in [6.45, 7) is 0.738. The van der Waals surface area contributed by atoms with Gasteiger partial charge in [-0.3, -0.25) is 10.1 Å². The van der Waals surface area contributed by atoms with Gasteiger partial charge in [-0.05, 0) is 35.9 Å². The van der Waals surface area contributed by atoms with Gasteiger partial charge in [-0.1, -0.05) is 18.2 Å². The van der Waals surface area contributed by atoms with Crippen molar-refractivity contribution in [1.29, 1.82) is 0 Å². The molecule has 128 valence electrons. The highest BCUT2D eigenvalue weighted by atomic mass is 32.1. The molecule has 0 unspecified atom stereocenters. The molecule has 0 radical (unpaired) electrons. The number of amides is 1. The number of aromatic amines is 1. The number of benzene rings is 2. The Morgan fingerprint density at radius 2 is 2.12 bits per heavy atom. The number of ether oxygens (including phenoxy) is 1. The molecule has 1 amide bonds. The maximum absolute atomic E-state index is 12.5. The van der Waals surface area contributed by atoms with Gasteiger partial charge >= 0.3 is 0 Å². The zero-order valence-corrected chi connectivity index (χ0v) is 14.6. The molecular formula is C20H15N3O2S. The lowest BCUT2D eigenvalue weighted by Gasteiger charge is -2.01. The first-order valence-corrected chi connectivity index (χ1v) is 9.25. The van der Waals surface area contributed by atoms with E-state index < -0.39 is 0 Å². The Kier molecular flexibility index (Phi) is 3.50. The van der Waals surface area contributed by atoms with Gasteiger partial charge < -0.3 is 9.72 Å². The molecule has 2 N–H and O–H groups in total.